The molecule has 1 unspecified atom stereocenters. The second-order valence-electron chi connectivity index (χ2n) is 20.6. The summed E-state index contributed by atoms with van der Waals surface area (Å²) in [6.45, 7) is 8.99. The normalized spacial score (nSPS) is 35.5. The molecule has 2 aromatic carbocycles. The summed E-state index contributed by atoms with van der Waals surface area (Å²) in [5.41, 5.74) is -1.21. The number of fused-ring (bicyclic) bond motifs is 6. The number of rotatable bonds is 9. The van der Waals surface area contributed by atoms with Crippen LogP contribution in [0.15, 0.2) is 48.6 Å². The molecular weight excluding hydrogens is 871 g/mol. The molecule has 0 radical (unpaired) electrons. The number of piperidine rings is 1. The van der Waals surface area contributed by atoms with Crippen LogP contribution in [0.3, 0.4) is 0 Å². The molecule has 10 atom stereocenters. The molecule has 1 spiro atoms. The Labute approximate surface area is 397 Å². The first-order valence-corrected chi connectivity index (χ1v) is 25.5. The highest BCUT2D eigenvalue weighted by Crippen LogP contribution is 2.68. The van der Waals surface area contributed by atoms with Gasteiger partial charge in [-0.05, 0) is 98.6 Å². The van der Waals surface area contributed by atoms with E-state index in [2.05, 4.69) is 57.4 Å². The first-order valence-electron chi connectivity index (χ1n) is 24.4. The Balaban J connectivity index is 1.21. The largest absolute Gasteiger partial charge is 0.496 e. The minimum Gasteiger partial charge on any atom is -0.496 e. The molecule has 3 aromatic rings. The number of aromatic amines is 1. The third kappa shape index (κ3) is 6.52. The summed E-state index contributed by atoms with van der Waals surface area (Å²) >= 11 is 1.91. The lowest BCUT2D eigenvalue weighted by atomic mass is 9.47. The van der Waals surface area contributed by atoms with Crippen LogP contribution in [-0.2, 0) is 50.6 Å². The number of amides is 1. The van der Waals surface area contributed by atoms with Crippen molar-refractivity contribution in [1.82, 2.24) is 20.1 Å². The summed E-state index contributed by atoms with van der Waals surface area (Å²) in [6.07, 6.45) is 8.05. The van der Waals surface area contributed by atoms with E-state index in [0.29, 0.717) is 56.5 Å². The van der Waals surface area contributed by atoms with Crippen LogP contribution in [0.2, 0.25) is 0 Å². The summed E-state index contributed by atoms with van der Waals surface area (Å²) in [4.78, 5) is 68.2. The van der Waals surface area contributed by atoms with Crippen LogP contribution in [-0.4, -0.2) is 146 Å². The van der Waals surface area contributed by atoms with Crippen molar-refractivity contribution in [1.29, 1.82) is 0 Å². The van der Waals surface area contributed by atoms with Gasteiger partial charge in [-0.2, -0.15) is 11.8 Å². The van der Waals surface area contributed by atoms with Crippen LogP contribution in [0.4, 0.5) is 5.69 Å². The number of H-pyrrole nitrogens is 1. The van der Waals surface area contributed by atoms with Gasteiger partial charge in [0.05, 0.1) is 32.9 Å². The Kier molecular flexibility index (Phi) is 11.6. The smallest absolute Gasteiger partial charge is 0.344 e. The zero-order valence-electron chi connectivity index (χ0n) is 40.1. The fourth-order valence-electron chi connectivity index (χ4n) is 15.0. The number of benzene rings is 2. The molecule has 4 fully saturated rings. The number of para-hydroxylation sites is 1. The van der Waals surface area contributed by atoms with Gasteiger partial charge < -0.3 is 44.2 Å². The Hall–Kier alpha value is -4.57. The second-order valence-corrected chi connectivity index (χ2v) is 21.9. The number of nitrogens with one attached hydrogen (secondary N) is 2. The zero-order chi connectivity index (χ0) is 47.3. The van der Waals surface area contributed by atoms with Crippen molar-refractivity contribution in [2.45, 2.75) is 112 Å². The molecule has 2 bridgehead atoms. The molecule has 1 aliphatic carbocycles. The number of nitrogens with zero attached hydrogens (tertiary/aromatic N) is 3. The van der Waals surface area contributed by atoms with Crippen molar-refractivity contribution < 1.29 is 43.2 Å². The molecule has 1 saturated carbocycles. The van der Waals surface area contributed by atoms with Gasteiger partial charge in [0.15, 0.2) is 6.10 Å². The van der Waals surface area contributed by atoms with E-state index in [1.807, 2.05) is 48.8 Å². The third-order valence-corrected chi connectivity index (χ3v) is 18.7. The molecule has 3 saturated heterocycles. The predicted octanol–water partition coefficient (Wildman–Crippen LogP) is 5.26. The van der Waals surface area contributed by atoms with E-state index in [9.17, 15) is 19.5 Å². The third-order valence-electron chi connectivity index (χ3n) is 17.6. The topological polar surface area (TPSA) is 163 Å². The molecule has 1 amide bonds. The number of hydrogen-bond acceptors (Lipinski definition) is 13. The van der Waals surface area contributed by atoms with Gasteiger partial charge in [-0.15, -0.1) is 0 Å². The summed E-state index contributed by atoms with van der Waals surface area (Å²) < 4.78 is 24.3. The molecule has 7 heterocycles. The Morgan fingerprint density at radius 2 is 1.72 bits per heavy atom. The van der Waals surface area contributed by atoms with E-state index in [-0.39, 0.29) is 23.8 Å². The minimum atomic E-state index is -2.32. The van der Waals surface area contributed by atoms with Gasteiger partial charge in [0.1, 0.15) is 11.2 Å². The number of methoxy groups -OCH3 is 3. The monoisotopic (exact) mass is 937 g/mol. The van der Waals surface area contributed by atoms with Crippen molar-refractivity contribution >= 4 is 52.2 Å². The number of thioether (sulfide) groups is 1. The Morgan fingerprint density at radius 3 is 2.42 bits per heavy atom. The molecule has 10 rings (SSSR count). The number of carbonyl (C=O) groups is 4. The number of ether oxygens (including phenoxy) is 4. The second kappa shape index (κ2) is 16.8. The van der Waals surface area contributed by atoms with Gasteiger partial charge in [-0.1, -0.05) is 44.2 Å². The Morgan fingerprint density at radius 1 is 0.955 bits per heavy atom. The molecule has 3 N–H and O–H groups in total. The van der Waals surface area contributed by atoms with E-state index in [0.717, 1.165) is 83.8 Å². The highest BCUT2D eigenvalue weighted by atomic mass is 32.2. The maximum Gasteiger partial charge on any atom is 0.344 e. The molecule has 7 aliphatic rings. The molecular formula is C52H67N5O9S. The predicted molar refractivity (Wildman–Crippen MR) is 256 cm³/mol. The quantitative estimate of drug-likeness (QED) is 0.145. The highest BCUT2D eigenvalue weighted by molar-refractivity contribution is 7.99. The number of aliphatic hydroxyl groups is 1. The number of likely N-dealkylation sites (N-methyl/N-ethyl adjacent to an activating group) is 1. The van der Waals surface area contributed by atoms with E-state index in [4.69, 9.17) is 18.9 Å². The van der Waals surface area contributed by atoms with Gasteiger partial charge >= 0.3 is 17.9 Å². The molecule has 15 heteroatoms. The maximum absolute atomic E-state index is 15.7. The van der Waals surface area contributed by atoms with Crippen molar-refractivity contribution in [3.05, 3.63) is 70.9 Å². The molecule has 1 aromatic heterocycles. The van der Waals surface area contributed by atoms with Crippen LogP contribution < -0.4 is 15.0 Å². The van der Waals surface area contributed by atoms with Gasteiger partial charge in [0, 0.05) is 96.9 Å². The molecule has 6 aliphatic heterocycles. The number of aromatic nitrogens is 1. The van der Waals surface area contributed by atoms with Crippen LogP contribution in [0, 0.1) is 17.3 Å². The van der Waals surface area contributed by atoms with Crippen LogP contribution in [0.25, 0.3) is 10.9 Å². The number of hydrogen-bond donors (Lipinski definition) is 3. The summed E-state index contributed by atoms with van der Waals surface area (Å²) in [5.74, 6) is 0.593. The summed E-state index contributed by atoms with van der Waals surface area (Å²) in [6, 6.07) is 11.1. The van der Waals surface area contributed by atoms with Gasteiger partial charge in [0.25, 0.3) is 0 Å². The lowest BCUT2D eigenvalue weighted by molar-refractivity contribution is -0.228. The molecule has 67 heavy (non-hydrogen) atoms. The van der Waals surface area contributed by atoms with Crippen LogP contribution >= 0.6 is 11.8 Å². The number of esters is 3. The average Bonchev–Trinajstić information content (AvgIpc) is 4.00. The number of carbonyl (C=O) groups excluding carboxylic acids is 4. The maximum atomic E-state index is 15.7. The van der Waals surface area contributed by atoms with E-state index in [1.165, 1.54) is 21.1 Å². The fourth-order valence-corrected chi connectivity index (χ4v) is 16.1. The van der Waals surface area contributed by atoms with Gasteiger partial charge in [-0.25, -0.2) is 4.79 Å². The molecule has 360 valence electrons. The zero-order valence-corrected chi connectivity index (χ0v) is 40.9. The van der Waals surface area contributed by atoms with Crippen molar-refractivity contribution in [3.63, 3.8) is 0 Å². The molecule has 14 nitrogen and oxygen atoms in total. The van der Waals surface area contributed by atoms with Crippen molar-refractivity contribution in [2.24, 2.45) is 17.3 Å². The Bertz CT molecular complexity index is 2520. The fraction of sp³-hybridized carbons (Fsp3) is 0.615. The minimum absolute atomic E-state index is 0.00920. The highest BCUT2D eigenvalue weighted by Gasteiger charge is 2.80. The summed E-state index contributed by atoms with van der Waals surface area (Å²) in [5, 5.41) is 18.1. The first-order chi connectivity index (χ1) is 32.2. The van der Waals surface area contributed by atoms with Crippen molar-refractivity contribution in [2.75, 3.05) is 77.5 Å². The SMILES string of the molecule is CC[C@]1(NC(=O)C2CCSCC2)C[C@H]2CN(CCc3c([nH]c4ccccc34)[C@@](C(=O)OC)(c3cc4c(cc3OC)N(C)[C@H]3[C@@](O)(C(=O)OC)[C@H](OC(C)=O)[C@]5(CC)C=CCN6CC[C@]43[C@@H]65)C2)C1. The van der Waals surface area contributed by atoms with E-state index >= 15 is 4.79 Å². The average molecular weight is 938 g/mol. The van der Waals surface area contributed by atoms with Gasteiger partial charge in [0.2, 0.25) is 11.5 Å². The van der Waals surface area contributed by atoms with E-state index < -0.39 is 57.4 Å². The lowest BCUT2D eigenvalue weighted by Crippen LogP contribution is -2.81. The summed E-state index contributed by atoms with van der Waals surface area (Å²) in [7, 11) is 6.22. The van der Waals surface area contributed by atoms with Crippen LogP contribution in [0.5, 0.6) is 5.75 Å². The van der Waals surface area contributed by atoms with Crippen molar-refractivity contribution in [3.8, 4) is 5.75 Å². The number of anilines is 1. The standard InChI is InChI=1S/C52H67N5O9S/c1-8-48(54-42(59)33-16-23-67-24-17-33)27-32-28-51(46(60)64-6,41-35(15-21-56(29-32)30-48)34-13-10-11-14-38(34)53-41)37-25-36-39(26-40(37)63-5)55(4)44-50(36)19-22-57-20-12-18-49(9-2,43(50)57)45(66-31(3)58)52(44,62)47(61)65-7/h10-14,18,25-26,32-33,43-45,53,62H,8-9,15-17,19-24,27-30H2,1-7H3,(H,54,59)/t32-,43+,44-,45-,48+,49-,50-,51+,52+/m1/s1. The lowest BCUT2D eigenvalue weighted by Gasteiger charge is -2.63. The first kappa shape index (κ1) is 46.2. The van der Waals surface area contributed by atoms with Gasteiger partial charge in [-0.3, -0.25) is 19.3 Å². The van der Waals surface area contributed by atoms with E-state index in [1.54, 1.807) is 7.11 Å². The van der Waals surface area contributed by atoms with Crippen LogP contribution in [0.1, 0.15) is 88.1 Å².